The molecule has 0 radical (unpaired) electrons. The number of nitrogens with zero attached hydrogens (tertiary/aromatic N) is 2. The minimum absolute atomic E-state index is 0.0776. The van der Waals surface area contributed by atoms with Crippen molar-refractivity contribution in [3.05, 3.63) is 65.7 Å². The van der Waals surface area contributed by atoms with Crippen molar-refractivity contribution in [3.63, 3.8) is 0 Å². The Bertz CT molecular complexity index is 803. The summed E-state index contributed by atoms with van der Waals surface area (Å²) < 4.78 is 0. The summed E-state index contributed by atoms with van der Waals surface area (Å²) in [5.41, 5.74) is 3.24. The number of piperazine rings is 1. The monoisotopic (exact) mass is 411 g/mol. The molecule has 1 saturated heterocycles. The second-order valence-corrected chi connectivity index (χ2v) is 8.78. The molecule has 0 saturated carbocycles. The minimum atomic E-state index is -0.223. The third-order valence-corrected chi connectivity index (χ3v) is 6.21. The number of nitrogens with one attached hydrogen (secondary N) is 1. The molecular formula is C23H29N3O2S. The summed E-state index contributed by atoms with van der Waals surface area (Å²) in [5, 5.41) is 2.66. The van der Waals surface area contributed by atoms with E-state index in [-0.39, 0.29) is 22.8 Å². The molecule has 2 aromatic carbocycles. The molecule has 1 fully saturated rings. The van der Waals surface area contributed by atoms with Crippen molar-refractivity contribution in [3.8, 4) is 0 Å². The zero-order chi connectivity index (χ0) is 20.6. The Morgan fingerprint density at radius 1 is 1.00 bits per heavy atom. The van der Waals surface area contributed by atoms with Crippen LogP contribution in [0.5, 0.6) is 0 Å². The van der Waals surface area contributed by atoms with Crippen LogP contribution < -0.4 is 5.32 Å². The fourth-order valence-corrected chi connectivity index (χ4v) is 4.10. The Morgan fingerprint density at radius 2 is 1.66 bits per heavy atom. The highest BCUT2D eigenvalue weighted by molar-refractivity contribution is 8.01. The second-order valence-electron chi connectivity index (χ2n) is 7.45. The van der Waals surface area contributed by atoms with E-state index in [4.69, 9.17) is 0 Å². The van der Waals surface area contributed by atoms with E-state index in [1.165, 1.54) is 17.3 Å². The summed E-state index contributed by atoms with van der Waals surface area (Å²) in [5.74, 6) is 0.318. The van der Waals surface area contributed by atoms with Gasteiger partial charge in [0.2, 0.25) is 11.8 Å². The van der Waals surface area contributed by atoms with E-state index in [9.17, 15) is 9.59 Å². The zero-order valence-electron chi connectivity index (χ0n) is 17.1. The number of benzene rings is 2. The number of rotatable bonds is 7. The highest BCUT2D eigenvalue weighted by Gasteiger charge is 2.25. The van der Waals surface area contributed by atoms with Crippen LogP contribution in [0.25, 0.3) is 0 Å². The van der Waals surface area contributed by atoms with Crippen molar-refractivity contribution >= 4 is 29.3 Å². The highest BCUT2D eigenvalue weighted by Crippen LogP contribution is 2.17. The lowest BCUT2D eigenvalue weighted by molar-refractivity contribution is -0.132. The Hall–Kier alpha value is -2.31. The summed E-state index contributed by atoms with van der Waals surface area (Å²) in [6, 6.07) is 18.1. The second kappa shape index (κ2) is 10.5. The largest absolute Gasteiger partial charge is 0.339 e. The van der Waals surface area contributed by atoms with Gasteiger partial charge in [0, 0.05) is 38.4 Å². The molecule has 3 rings (SSSR count). The van der Waals surface area contributed by atoms with E-state index in [1.54, 1.807) is 0 Å². The third kappa shape index (κ3) is 6.61. The van der Waals surface area contributed by atoms with Crippen LogP contribution in [0.4, 0.5) is 5.69 Å². The first-order valence-corrected chi connectivity index (χ1v) is 11.1. The van der Waals surface area contributed by atoms with Crippen LogP contribution in [0.2, 0.25) is 0 Å². The van der Waals surface area contributed by atoms with E-state index in [1.807, 2.05) is 49.1 Å². The molecule has 1 aliphatic heterocycles. The first-order valence-electron chi connectivity index (χ1n) is 10.0. The predicted molar refractivity (Wildman–Crippen MR) is 120 cm³/mol. The molecule has 2 amide bonds. The molecule has 1 atom stereocenters. The molecule has 0 spiro atoms. The van der Waals surface area contributed by atoms with Crippen molar-refractivity contribution in [2.45, 2.75) is 25.6 Å². The topological polar surface area (TPSA) is 52.7 Å². The van der Waals surface area contributed by atoms with E-state index in [0.29, 0.717) is 0 Å². The number of carbonyl (C=O) groups is 2. The average Bonchev–Trinajstić information content (AvgIpc) is 2.74. The predicted octanol–water partition coefficient (Wildman–Crippen LogP) is 3.40. The molecule has 6 heteroatoms. The lowest BCUT2D eigenvalue weighted by Gasteiger charge is -2.35. The SMILES string of the molecule is Cc1ccc(NC(=O)CS[C@@H](C)C(=O)N2CCN(Cc3ccccc3)CC2)cc1. The van der Waals surface area contributed by atoms with Gasteiger partial charge in [0.1, 0.15) is 0 Å². The van der Waals surface area contributed by atoms with Crippen LogP contribution in [0.15, 0.2) is 54.6 Å². The maximum Gasteiger partial charge on any atom is 0.235 e. The van der Waals surface area contributed by atoms with Crippen LogP contribution in [-0.2, 0) is 16.1 Å². The molecule has 0 bridgehead atoms. The lowest BCUT2D eigenvalue weighted by Crippen LogP contribution is -2.50. The van der Waals surface area contributed by atoms with Gasteiger partial charge < -0.3 is 10.2 Å². The molecule has 2 aromatic rings. The molecule has 1 heterocycles. The molecule has 0 aromatic heterocycles. The number of amides is 2. The standard InChI is InChI=1S/C23H29N3O2S/c1-18-8-10-21(11-9-18)24-22(27)17-29-19(2)23(28)26-14-12-25(13-15-26)16-20-6-4-3-5-7-20/h3-11,19H,12-17H2,1-2H3,(H,24,27)/t19-/m0/s1. The molecule has 154 valence electrons. The number of aryl methyl sites for hydroxylation is 1. The Balaban J connectivity index is 1.38. The van der Waals surface area contributed by atoms with Crippen LogP contribution >= 0.6 is 11.8 Å². The fourth-order valence-electron chi connectivity index (χ4n) is 3.33. The molecular weight excluding hydrogens is 382 g/mol. The molecule has 5 nitrogen and oxygen atoms in total. The quantitative estimate of drug-likeness (QED) is 0.759. The van der Waals surface area contributed by atoms with E-state index < -0.39 is 0 Å². The van der Waals surface area contributed by atoms with Crippen molar-refractivity contribution in [1.82, 2.24) is 9.80 Å². The number of hydrogen-bond acceptors (Lipinski definition) is 4. The van der Waals surface area contributed by atoms with Gasteiger partial charge >= 0.3 is 0 Å². The van der Waals surface area contributed by atoms with Crippen molar-refractivity contribution in [2.75, 3.05) is 37.2 Å². The molecule has 0 aliphatic carbocycles. The van der Waals surface area contributed by atoms with Gasteiger partial charge in [-0.2, -0.15) is 0 Å². The Morgan fingerprint density at radius 3 is 2.31 bits per heavy atom. The summed E-state index contributed by atoms with van der Waals surface area (Å²) in [7, 11) is 0. The van der Waals surface area contributed by atoms with Crippen LogP contribution in [0, 0.1) is 6.92 Å². The molecule has 1 aliphatic rings. The van der Waals surface area contributed by atoms with Crippen LogP contribution in [0.3, 0.4) is 0 Å². The Kier molecular flexibility index (Phi) is 7.72. The van der Waals surface area contributed by atoms with Crippen molar-refractivity contribution < 1.29 is 9.59 Å². The number of carbonyl (C=O) groups excluding carboxylic acids is 2. The highest BCUT2D eigenvalue weighted by atomic mass is 32.2. The van der Waals surface area contributed by atoms with Crippen LogP contribution in [0.1, 0.15) is 18.1 Å². The minimum Gasteiger partial charge on any atom is -0.339 e. The zero-order valence-corrected chi connectivity index (χ0v) is 18.0. The van der Waals surface area contributed by atoms with Gasteiger partial charge in [-0.1, -0.05) is 48.0 Å². The Labute approximate surface area is 177 Å². The summed E-state index contributed by atoms with van der Waals surface area (Å²) in [6.07, 6.45) is 0. The van der Waals surface area contributed by atoms with Crippen molar-refractivity contribution in [1.29, 1.82) is 0 Å². The first kappa shape index (κ1) is 21.4. The number of thioether (sulfide) groups is 1. The van der Waals surface area contributed by atoms with E-state index >= 15 is 0 Å². The number of anilines is 1. The summed E-state index contributed by atoms with van der Waals surface area (Å²) >= 11 is 1.40. The van der Waals surface area contributed by atoms with Gasteiger partial charge in [-0.15, -0.1) is 11.8 Å². The fraction of sp³-hybridized carbons (Fsp3) is 0.391. The smallest absolute Gasteiger partial charge is 0.235 e. The van der Waals surface area contributed by atoms with Crippen LogP contribution in [-0.4, -0.2) is 58.8 Å². The molecule has 1 N–H and O–H groups in total. The third-order valence-electron chi connectivity index (χ3n) is 5.08. The van der Waals surface area contributed by atoms with Gasteiger partial charge in [0.25, 0.3) is 0 Å². The first-order chi connectivity index (χ1) is 14.0. The lowest BCUT2D eigenvalue weighted by atomic mass is 10.2. The van der Waals surface area contributed by atoms with E-state index in [2.05, 4.69) is 34.5 Å². The van der Waals surface area contributed by atoms with Gasteiger partial charge in [-0.05, 0) is 31.5 Å². The number of hydrogen-bond donors (Lipinski definition) is 1. The molecule has 29 heavy (non-hydrogen) atoms. The maximum absolute atomic E-state index is 12.7. The average molecular weight is 412 g/mol. The summed E-state index contributed by atoms with van der Waals surface area (Å²) in [4.78, 5) is 29.2. The van der Waals surface area contributed by atoms with Gasteiger partial charge in [-0.3, -0.25) is 14.5 Å². The molecule has 0 unspecified atom stereocenters. The normalized spacial score (nSPS) is 15.7. The summed E-state index contributed by atoms with van der Waals surface area (Å²) in [6.45, 7) is 8.07. The van der Waals surface area contributed by atoms with Gasteiger partial charge in [0.05, 0.1) is 11.0 Å². The van der Waals surface area contributed by atoms with Crippen molar-refractivity contribution in [2.24, 2.45) is 0 Å². The van der Waals surface area contributed by atoms with Gasteiger partial charge in [-0.25, -0.2) is 0 Å². The van der Waals surface area contributed by atoms with E-state index in [0.717, 1.165) is 44.0 Å². The van der Waals surface area contributed by atoms with Gasteiger partial charge in [0.15, 0.2) is 0 Å². The maximum atomic E-state index is 12.7.